The summed E-state index contributed by atoms with van der Waals surface area (Å²) in [6, 6.07) is 4.62. The third-order valence-electron chi connectivity index (χ3n) is 1.72. The van der Waals surface area contributed by atoms with Crippen LogP contribution >= 0.6 is 34.9 Å². The van der Waals surface area contributed by atoms with Gasteiger partial charge in [0.2, 0.25) is 0 Å². The second-order valence-corrected chi connectivity index (χ2v) is 6.15. The topological polar surface area (TPSA) is 51.8 Å². The summed E-state index contributed by atoms with van der Waals surface area (Å²) < 4.78 is 15.1. The Morgan fingerprint density at radius 1 is 1.31 bits per heavy atom. The van der Waals surface area contributed by atoms with Crippen molar-refractivity contribution in [2.24, 2.45) is 0 Å². The van der Waals surface area contributed by atoms with Crippen LogP contribution in [0.1, 0.15) is 0 Å². The average Bonchev–Trinajstić information content (AvgIpc) is 2.70. The Kier molecular flexibility index (Phi) is 3.67. The number of nitrogen functional groups attached to an aromatic ring is 1. The maximum atomic E-state index is 13.5. The predicted octanol–water partition coefficient (Wildman–Crippen LogP) is 3.13. The van der Waals surface area contributed by atoms with E-state index in [-0.39, 0.29) is 5.82 Å². The van der Waals surface area contributed by atoms with E-state index in [0.717, 1.165) is 8.68 Å². The van der Waals surface area contributed by atoms with Crippen LogP contribution in [0.4, 0.5) is 10.1 Å². The van der Waals surface area contributed by atoms with Gasteiger partial charge in [-0.05, 0) is 24.5 Å². The van der Waals surface area contributed by atoms with Crippen molar-refractivity contribution in [3.05, 3.63) is 24.0 Å². The van der Waals surface area contributed by atoms with Crippen molar-refractivity contribution in [1.29, 1.82) is 0 Å². The molecule has 1 heterocycles. The molecular formula is C9H8FN3S3. The lowest BCUT2D eigenvalue weighted by Crippen LogP contribution is -1.87. The van der Waals surface area contributed by atoms with Crippen molar-refractivity contribution in [2.45, 2.75) is 13.6 Å². The van der Waals surface area contributed by atoms with E-state index in [1.54, 1.807) is 12.1 Å². The Hall–Kier alpha value is -0.790. The number of hydrogen-bond donors (Lipinski definition) is 1. The number of rotatable bonds is 3. The average molecular weight is 273 g/mol. The van der Waals surface area contributed by atoms with Crippen molar-refractivity contribution < 1.29 is 4.39 Å². The van der Waals surface area contributed by atoms with Gasteiger partial charge < -0.3 is 5.73 Å². The molecule has 1 aromatic carbocycles. The molecule has 0 aliphatic carbocycles. The normalized spacial score (nSPS) is 10.6. The zero-order chi connectivity index (χ0) is 11.5. The fourth-order valence-electron chi connectivity index (χ4n) is 1.01. The molecule has 1 aromatic heterocycles. The van der Waals surface area contributed by atoms with E-state index in [9.17, 15) is 4.39 Å². The highest BCUT2D eigenvalue weighted by Gasteiger charge is 2.09. The molecule has 0 unspecified atom stereocenters. The molecule has 2 aromatic rings. The summed E-state index contributed by atoms with van der Waals surface area (Å²) in [5.74, 6) is -0.328. The Balaban J connectivity index is 2.20. The minimum Gasteiger partial charge on any atom is -0.399 e. The highest BCUT2D eigenvalue weighted by atomic mass is 32.2. The number of halogens is 1. The monoisotopic (exact) mass is 273 g/mol. The zero-order valence-corrected chi connectivity index (χ0v) is 10.8. The van der Waals surface area contributed by atoms with Gasteiger partial charge in [-0.1, -0.05) is 34.9 Å². The molecule has 0 spiro atoms. The van der Waals surface area contributed by atoms with Gasteiger partial charge in [-0.15, -0.1) is 10.2 Å². The first-order valence-corrected chi connectivity index (χ1v) is 7.15. The second-order valence-electron chi connectivity index (χ2n) is 2.83. The molecule has 0 radical (unpaired) electrons. The van der Waals surface area contributed by atoms with Gasteiger partial charge >= 0.3 is 0 Å². The summed E-state index contributed by atoms with van der Waals surface area (Å²) in [4.78, 5) is 0.512. The van der Waals surface area contributed by atoms with Crippen LogP contribution in [0.25, 0.3) is 0 Å². The van der Waals surface area contributed by atoms with Crippen LogP contribution in [-0.2, 0) is 0 Å². The molecule has 7 heteroatoms. The molecule has 0 fully saturated rings. The van der Waals surface area contributed by atoms with Crippen molar-refractivity contribution in [2.75, 3.05) is 12.0 Å². The van der Waals surface area contributed by atoms with Crippen LogP contribution in [0.5, 0.6) is 0 Å². The molecule has 0 bridgehead atoms. The molecule has 0 aliphatic rings. The first-order valence-electron chi connectivity index (χ1n) is 4.29. The van der Waals surface area contributed by atoms with E-state index in [1.807, 2.05) is 6.26 Å². The Bertz CT molecular complexity index is 500. The molecule has 0 aliphatic heterocycles. The highest BCUT2D eigenvalue weighted by Crippen LogP contribution is 2.34. The van der Waals surface area contributed by atoms with E-state index in [0.29, 0.717) is 10.6 Å². The fourth-order valence-corrected chi connectivity index (χ4v) is 3.41. The molecule has 0 amide bonds. The van der Waals surface area contributed by atoms with Crippen LogP contribution in [0, 0.1) is 5.82 Å². The van der Waals surface area contributed by atoms with Gasteiger partial charge in [-0.3, -0.25) is 0 Å². The first-order chi connectivity index (χ1) is 7.69. The lowest BCUT2D eigenvalue weighted by molar-refractivity contribution is 0.602. The number of hydrogen-bond acceptors (Lipinski definition) is 6. The lowest BCUT2D eigenvalue weighted by Gasteiger charge is -2.00. The van der Waals surface area contributed by atoms with Gasteiger partial charge in [0.25, 0.3) is 0 Å². The lowest BCUT2D eigenvalue weighted by atomic mass is 10.3. The summed E-state index contributed by atoms with van der Waals surface area (Å²) >= 11 is 4.23. The van der Waals surface area contributed by atoms with Crippen molar-refractivity contribution in [3.63, 3.8) is 0 Å². The predicted molar refractivity (Wildman–Crippen MR) is 66.6 cm³/mol. The van der Waals surface area contributed by atoms with Gasteiger partial charge in [-0.25, -0.2) is 4.39 Å². The molecule has 16 heavy (non-hydrogen) atoms. The number of nitrogens with two attached hydrogens (primary N) is 1. The Morgan fingerprint density at radius 3 is 2.69 bits per heavy atom. The van der Waals surface area contributed by atoms with Crippen LogP contribution in [0.15, 0.2) is 31.8 Å². The SMILES string of the molecule is CSc1nnc(Sc2ccc(N)cc2F)s1. The first kappa shape index (κ1) is 11.7. The molecular weight excluding hydrogens is 265 g/mol. The molecule has 2 rings (SSSR count). The minimum atomic E-state index is -0.328. The molecule has 2 N–H and O–H groups in total. The van der Waals surface area contributed by atoms with Crippen LogP contribution in [0.2, 0.25) is 0 Å². The van der Waals surface area contributed by atoms with E-state index in [4.69, 9.17) is 5.73 Å². The molecule has 3 nitrogen and oxygen atoms in total. The summed E-state index contributed by atoms with van der Waals surface area (Å²) in [6.45, 7) is 0. The van der Waals surface area contributed by atoms with E-state index >= 15 is 0 Å². The summed E-state index contributed by atoms with van der Waals surface area (Å²) in [5, 5.41) is 7.90. The number of nitrogens with zero attached hydrogens (tertiary/aromatic N) is 2. The summed E-state index contributed by atoms with van der Waals surface area (Å²) in [7, 11) is 0. The molecule has 0 atom stereocenters. The van der Waals surface area contributed by atoms with Gasteiger partial charge in [0, 0.05) is 5.69 Å². The molecule has 0 saturated carbocycles. The third kappa shape index (κ3) is 2.66. The number of thioether (sulfide) groups is 1. The largest absolute Gasteiger partial charge is 0.399 e. The van der Waals surface area contributed by atoms with Crippen LogP contribution in [-0.4, -0.2) is 16.5 Å². The number of aromatic nitrogens is 2. The van der Waals surface area contributed by atoms with Gasteiger partial charge in [-0.2, -0.15) is 0 Å². The Morgan fingerprint density at radius 2 is 2.06 bits per heavy atom. The maximum absolute atomic E-state index is 13.5. The van der Waals surface area contributed by atoms with Gasteiger partial charge in [0.1, 0.15) is 5.82 Å². The molecule has 0 saturated heterocycles. The third-order valence-corrected chi connectivity index (χ3v) is 4.72. The standard InChI is InChI=1S/C9H8FN3S3/c1-14-8-12-13-9(16-8)15-7-3-2-5(11)4-6(7)10/h2-4H,11H2,1H3. The number of anilines is 1. The van der Waals surface area contributed by atoms with Crippen molar-refractivity contribution >= 4 is 40.5 Å². The van der Waals surface area contributed by atoms with Crippen LogP contribution in [0.3, 0.4) is 0 Å². The minimum absolute atomic E-state index is 0.328. The van der Waals surface area contributed by atoms with Gasteiger partial charge in [0.15, 0.2) is 8.68 Å². The summed E-state index contributed by atoms with van der Waals surface area (Å²) in [5.41, 5.74) is 5.89. The fraction of sp³-hybridized carbons (Fsp3) is 0.111. The number of benzene rings is 1. The molecule has 84 valence electrons. The quantitative estimate of drug-likeness (QED) is 0.688. The highest BCUT2D eigenvalue weighted by molar-refractivity contribution is 8.03. The van der Waals surface area contributed by atoms with Crippen molar-refractivity contribution in [3.8, 4) is 0 Å². The summed E-state index contributed by atoms with van der Waals surface area (Å²) in [6.07, 6.45) is 1.93. The van der Waals surface area contributed by atoms with E-state index < -0.39 is 0 Å². The van der Waals surface area contributed by atoms with Crippen LogP contribution < -0.4 is 5.73 Å². The van der Waals surface area contributed by atoms with Crippen molar-refractivity contribution in [1.82, 2.24) is 10.2 Å². The van der Waals surface area contributed by atoms with Gasteiger partial charge in [0.05, 0.1) is 4.90 Å². The Labute approximate surface area is 105 Å². The zero-order valence-electron chi connectivity index (χ0n) is 8.31. The maximum Gasteiger partial charge on any atom is 0.179 e. The van der Waals surface area contributed by atoms with E-state index in [1.165, 1.54) is 40.9 Å². The second kappa shape index (κ2) is 5.03. The smallest absolute Gasteiger partial charge is 0.179 e. The van der Waals surface area contributed by atoms with E-state index in [2.05, 4.69) is 10.2 Å².